The van der Waals surface area contributed by atoms with E-state index in [9.17, 15) is 14.0 Å². The smallest absolute Gasteiger partial charge is 0.265 e. The minimum absolute atomic E-state index is 0.320. The SMILES string of the molecule is CCOc1cc([C@@H]2[C@@H]3C(=O)N(c4ccc(F)cc4)C(=O)[C@H]3ON2C)ccc1OCc1ccccc1. The molecule has 3 atom stereocenters. The lowest BCUT2D eigenvalue weighted by atomic mass is 9.91. The molecule has 0 bridgehead atoms. The molecule has 8 heteroatoms. The van der Waals surface area contributed by atoms with Gasteiger partial charge in [-0.1, -0.05) is 36.4 Å². The normalized spacial score (nSPS) is 21.9. The van der Waals surface area contributed by atoms with Gasteiger partial charge in [-0.05, 0) is 54.4 Å². The van der Waals surface area contributed by atoms with E-state index in [0.717, 1.165) is 16.0 Å². The van der Waals surface area contributed by atoms with Gasteiger partial charge in [0.15, 0.2) is 17.6 Å². The molecule has 2 amide bonds. The van der Waals surface area contributed by atoms with E-state index in [4.69, 9.17) is 14.3 Å². The molecule has 2 heterocycles. The molecule has 2 aliphatic heterocycles. The highest BCUT2D eigenvalue weighted by atomic mass is 19.1. The number of nitrogens with zero attached hydrogens (tertiary/aromatic N) is 2. The van der Waals surface area contributed by atoms with Crippen LogP contribution in [-0.4, -0.2) is 36.6 Å². The zero-order valence-corrected chi connectivity index (χ0v) is 19.4. The Hall–Kier alpha value is -3.75. The van der Waals surface area contributed by atoms with Crippen LogP contribution >= 0.6 is 0 Å². The van der Waals surface area contributed by atoms with Gasteiger partial charge in [-0.15, -0.1) is 0 Å². The van der Waals surface area contributed by atoms with Gasteiger partial charge in [-0.3, -0.25) is 14.4 Å². The van der Waals surface area contributed by atoms with Gasteiger partial charge in [0, 0.05) is 7.05 Å². The quantitative estimate of drug-likeness (QED) is 0.474. The molecule has 0 aliphatic carbocycles. The van der Waals surface area contributed by atoms with Crippen LogP contribution in [0.1, 0.15) is 24.1 Å². The van der Waals surface area contributed by atoms with Gasteiger partial charge in [0.25, 0.3) is 5.91 Å². The summed E-state index contributed by atoms with van der Waals surface area (Å²) in [6.45, 7) is 2.70. The molecule has 5 rings (SSSR count). The number of benzene rings is 3. The third kappa shape index (κ3) is 4.26. The number of carbonyl (C=O) groups excluding carboxylic acids is 2. The fourth-order valence-electron chi connectivity index (χ4n) is 4.64. The highest BCUT2D eigenvalue weighted by Gasteiger charge is 2.59. The predicted octanol–water partition coefficient (Wildman–Crippen LogP) is 4.28. The number of imide groups is 1. The minimum Gasteiger partial charge on any atom is -0.490 e. The van der Waals surface area contributed by atoms with Crippen LogP contribution in [0.5, 0.6) is 11.5 Å². The van der Waals surface area contributed by atoms with Crippen LogP contribution in [-0.2, 0) is 21.0 Å². The molecule has 0 N–H and O–H groups in total. The highest BCUT2D eigenvalue weighted by molar-refractivity contribution is 6.23. The number of rotatable bonds is 7. The van der Waals surface area contributed by atoms with Crippen molar-refractivity contribution in [2.24, 2.45) is 5.92 Å². The number of fused-ring (bicyclic) bond motifs is 1. The monoisotopic (exact) mass is 476 g/mol. The van der Waals surface area contributed by atoms with Crippen molar-refractivity contribution in [2.75, 3.05) is 18.6 Å². The molecule has 2 saturated heterocycles. The summed E-state index contributed by atoms with van der Waals surface area (Å²) in [5.74, 6) is -0.913. The number of ether oxygens (including phenoxy) is 2. The highest BCUT2D eigenvalue weighted by Crippen LogP contribution is 2.46. The number of hydroxylamine groups is 2. The number of carbonyl (C=O) groups is 2. The average molecular weight is 477 g/mol. The van der Waals surface area contributed by atoms with Gasteiger partial charge < -0.3 is 9.47 Å². The van der Waals surface area contributed by atoms with Crippen LogP contribution in [0.4, 0.5) is 10.1 Å². The van der Waals surface area contributed by atoms with Crippen molar-refractivity contribution < 1.29 is 28.3 Å². The van der Waals surface area contributed by atoms with E-state index in [1.54, 1.807) is 12.1 Å². The van der Waals surface area contributed by atoms with Crippen molar-refractivity contribution in [3.05, 3.63) is 89.7 Å². The summed E-state index contributed by atoms with van der Waals surface area (Å²) >= 11 is 0. The lowest BCUT2D eigenvalue weighted by Crippen LogP contribution is -2.36. The molecule has 3 aromatic rings. The van der Waals surface area contributed by atoms with Gasteiger partial charge in [-0.25, -0.2) is 9.29 Å². The summed E-state index contributed by atoms with van der Waals surface area (Å²) in [4.78, 5) is 33.4. The van der Waals surface area contributed by atoms with Crippen LogP contribution in [0, 0.1) is 11.7 Å². The molecule has 2 fully saturated rings. The van der Waals surface area contributed by atoms with Gasteiger partial charge in [0.2, 0.25) is 5.91 Å². The van der Waals surface area contributed by atoms with Gasteiger partial charge in [0.1, 0.15) is 12.4 Å². The Morgan fingerprint density at radius 2 is 1.66 bits per heavy atom. The van der Waals surface area contributed by atoms with Crippen LogP contribution in [0.25, 0.3) is 0 Å². The summed E-state index contributed by atoms with van der Waals surface area (Å²) in [5.41, 5.74) is 2.11. The number of hydrogen-bond donors (Lipinski definition) is 0. The standard InChI is InChI=1S/C27H25FN2O5/c1-3-33-22-15-18(9-14-21(22)34-16-17-7-5-4-6-8-17)24-23-25(35-29(24)2)27(32)30(26(23)31)20-12-10-19(28)11-13-20/h4-15,23-25H,3,16H2,1-2H3/t23-,24+,25-/m0/s1. The molecular weight excluding hydrogens is 451 g/mol. The Morgan fingerprint density at radius 3 is 2.37 bits per heavy atom. The molecule has 0 radical (unpaired) electrons. The fraction of sp³-hybridized carbons (Fsp3) is 0.259. The maximum absolute atomic E-state index is 13.4. The zero-order chi connectivity index (χ0) is 24.5. The largest absolute Gasteiger partial charge is 0.490 e. The first kappa shape index (κ1) is 23.0. The molecule has 0 spiro atoms. The van der Waals surface area contributed by atoms with Gasteiger partial charge in [0.05, 0.1) is 24.3 Å². The Bertz CT molecular complexity index is 1230. The third-order valence-electron chi connectivity index (χ3n) is 6.24. The summed E-state index contributed by atoms with van der Waals surface area (Å²) < 4.78 is 25.2. The van der Waals surface area contributed by atoms with Crippen LogP contribution < -0.4 is 14.4 Å². The van der Waals surface area contributed by atoms with Crippen molar-refractivity contribution in [3.8, 4) is 11.5 Å². The van der Waals surface area contributed by atoms with Crippen LogP contribution in [0.3, 0.4) is 0 Å². The Kier molecular flexibility index (Phi) is 6.23. The molecule has 180 valence electrons. The number of hydrogen-bond acceptors (Lipinski definition) is 6. The maximum Gasteiger partial charge on any atom is 0.265 e. The molecule has 35 heavy (non-hydrogen) atoms. The molecule has 3 aromatic carbocycles. The van der Waals surface area contributed by atoms with Crippen LogP contribution in [0.2, 0.25) is 0 Å². The molecule has 0 aromatic heterocycles. The first-order valence-corrected chi connectivity index (χ1v) is 11.4. The Morgan fingerprint density at radius 1 is 0.914 bits per heavy atom. The second-order valence-corrected chi connectivity index (χ2v) is 8.44. The summed E-state index contributed by atoms with van der Waals surface area (Å²) in [6.07, 6.45) is -0.952. The van der Waals surface area contributed by atoms with E-state index >= 15 is 0 Å². The molecular formula is C27H25FN2O5. The third-order valence-corrected chi connectivity index (χ3v) is 6.24. The van der Waals surface area contributed by atoms with E-state index in [1.807, 2.05) is 55.5 Å². The summed E-state index contributed by atoms with van der Waals surface area (Å²) in [5, 5.41) is 1.54. The van der Waals surface area contributed by atoms with E-state index in [-0.39, 0.29) is 5.91 Å². The molecule has 0 saturated carbocycles. The first-order chi connectivity index (χ1) is 17.0. The second kappa shape index (κ2) is 9.48. The molecule has 0 unspecified atom stereocenters. The van der Waals surface area contributed by atoms with E-state index in [1.165, 1.54) is 24.3 Å². The van der Waals surface area contributed by atoms with Crippen molar-refractivity contribution >= 4 is 17.5 Å². The van der Waals surface area contributed by atoms with Gasteiger partial charge in [-0.2, -0.15) is 5.06 Å². The van der Waals surface area contributed by atoms with E-state index in [2.05, 4.69) is 0 Å². The van der Waals surface area contributed by atoms with Crippen molar-refractivity contribution in [3.63, 3.8) is 0 Å². The maximum atomic E-state index is 13.4. The zero-order valence-electron chi connectivity index (χ0n) is 19.4. The van der Waals surface area contributed by atoms with Gasteiger partial charge >= 0.3 is 0 Å². The lowest BCUT2D eigenvalue weighted by molar-refractivity contribution is -0.160. The second-order valence-electron chi connectivity index (χ2n) is 8.44. The first-order valence-electron chi connectivity index (χ1n) is 11.4. The average Bonchev–Trinajstić information content (AvgIpc) is 3.33. The van der Waals surface area contributed by atoms with E-state index in [0.29, 0.717) is 30.4 Å². The Balaban J connectivity index is 1.42. The van der Waals surface area contributed by atoms with E-state index < -0.39 is 29.8 Å². The lowest BCUT2D eigenvalue weighted by Gasteiger charge is -2.25. The van der Waals surface area contributed by atoms with Crippen LogP contribution in [0.15, 0.2) is 72.8 Å². The molecule has 7 nitrogen and oxygen atoms in total. The van der Waals surface area contributed by atoms with Crippen molar-refractivity contribution in [1.82, 2.24) is 5.06 Å². The van der Waals surface area contributed by atoms with Crippen molar-refractivity contribution in [1.29, 1.82) is 0 Å². The number of amides is 2. The van der Waals surface area contributed by atoms with Crippen molar-refractivity contribution in [2.45, 2.75) is 25.7 Å². The number of halogens is 1. The topological polar surface area (TPSA) is 68.3 Å². The summed E-state index contributed by atoms with van der Waals surface area (Å²) in [7, 11) is 1.70. The Labute approximate surface area is 202 Å². The summed E-state index contributed by atoms with van der Waals surface area (Å²) in [6, 6.07) is 20.1. The fourth-order valence-corrected chi connectivity index (χ4v) is 4.64. The molecule has 2 aliphatic rings. The minimum atomic E-state index is -0.952. The number of anilines is 1. The predicted molar refractivity (Wildman–Crippen MR) is 126 cm³/mol.